The Kier molecular flexibility index (Phi) is 15.0. The molecule has 3 rings (SSSR count). The van der Waals surface area contributed by atoms with E-state index in [1.165, 1.54) is 25.7 Å². The number of carbonyl (C=O) groups is 1. The summed E-state index contributed by atoms with van der Waals surface area (Å²) in [6, 6.07) is 9.94. The summed E-state index contributed by atoms with van der Waals surface area (Å²) < 4.78 is 38.4. The first-order chi connectivity index (χ1) is 20.9. The maximum absolute atomic E-state index is 12.1. The van der Waals surface area contributed by atoms with Gasteiger partial charge in [-0.15, -0.1) is 0 Å². The van der Waals surface area contributed by atoms with Gasteiger partial charge in [-0.1, -0.05) is 68.9 Å². The Bertz CT molecular complexity index is 1240. The molecule has 1 aliphatic carbocycles. The van der Waals surface area contributed by atoms with Crippen LogP contribution in [0.3, 0.4) is 0 Å². The number of hydrogen-bond acceptors (Lipinski definition) is 7. The molecule has 1 aliphatic rings. The fourth-order valence-electron chi connectivity index (χ4n) is 5.83. The maximum Gasteiger partial charge on any atom is 0.410 e. The Hall–Kier alpha value is -2.47. The highest BCUT2D eigenvalue weighted by atomic mass is 32.2. The van der Waals surface area contributed by atoms with Crippen LogP contribution in [0.4, 0.5) is 4.79 Å². The summed E-state index contributed by atoms with van der Waals surface area (Å²) >= 11 is 0. The number of unbranched alkanes of at least 4 members (excludes halogenated alkanes) is 5. The zero-order chi connectivity index (χ0) is 33.7. The topological polar surface area (TPSA) is 130 Å². The van der Waals surface area contributed by atoms with E-state index in [1.807, 2.05) is 64.3 Å². The normalized spacial score (nSPS) is 15.9. The Morgan fingerprint density at radius 3 is 2.16 bits per heavy atom. The fourth-order valence-corrected chi connectivity index (χ4v) is 5.83. The maximum atomic E-state index is 12.1. The molecule has 0 saturated heterocycles. The average molecular weight is 653 g/mol. The standard InChI is InChI=1S/C33H54N3O4.CH4O3S/c1-32(2,3)40-31(37)35(4)23-17-9-7-8-10-18-24-36(5,6)26-29-25-34-30(39-29)33(38,27-19-13-11-14-20-27)28-21-15-12-16-22-28;1-5(2,3)4/h11,13-14,19-20,25,28,38H,7-10,12,15-18,21-24,26H2,1-6H3;1H3,(H,2,3,4)/q+1;. The first kappa shape index (κ1) is 38.7. The minimum absolute atomic E-state index is 0.121. The second-order valence-electron chi connectivity index (χ2n) is 14.2. The number of quaternary nitrogens is 1. The highest BCUT2D eigenvalue weighted by molar-refractivity contribution is 7.85. The number of aliphatic hydroxyl groups is 1. The third kappa shape index (κ3) is 14.7. The fraction of sp³-hybridized carbons (Fsp3) is 0.706. The molecule has 10 nitrogen and oxygen atoms in total. The van der Waals surface area contributed by atoms with E-state index in [0.29, 0.717) is 12.1 Å². The third-order valence-electron chi connectivity index (χ3n) is 8.09. The minimum Gasteiger partial charge on any atom is -0.444 e. The van der Waals surface area contributed by atoms with Gasteiger partial charge in [-0.2, -0.15) is 8.42 Å². The molecule has 0 spiro atoms. The average Bonchev–Trinajstić information content (AvgIpc) is 3.41. The van der Waals surface area contributed by atoms with Gasteiger partial charge in [-0.05, 0) is 58.4 Å². The van der Waals surface area contributed by atoms with Gasteiger partial charge >= 0.3 is 6.09 Å². The SMILES string of the molecule is CN(CCCCCCCC[N+](C)(C)Cc1cnc(C(O)(c2ccccc2)C2CCCCC2)o1)C(=O)OC(C)(C)C.CS(=O)(=O)O. The van der Waals surface area contributed by atoms with Crippen molar-refractivity contribution in [3.63, 3.8) is 0 Å². The van der Waals surface area contributed by atoms with E-state index in [2.05, 4.69) is 19.1 Å². The largest absolute Gasteiger partial charge is 0.444 e. The molecule has 1 aromatic heterocycles. The second-order valence-corrected chi connectivity index (χ2v) is 15.6. The smallest absolute Gasteiger partial charge is 0.410 e. The van der Waals surface area contributed by atoms with Crippen LogP contribution >= 0.6 is 0 Å². The molecule has 1 fully saturated rings. The Labute approximate surface area is 271 Å². The number of amides is 1. The van der Waals surface area contributed by atoms with Crippen molar-refractivity contribution in [2.24, 2.45) is 5.92 Å². The highest BCUT2D eigenvalue weighted by Gasteiger charge is 2.44. The molecule has 1 heterocycles. The lowest BCUT2D eigenvalue weighted by atomic mass is 9.73. The molecule has 11 heteroatoms. The second kappa shape index (κ2) is 17.4. The van der Waals surface area contributed by atoms with Gasteiger partial charge in [-0.3, -0.25) is 4.55 Å². The van der Waals surface area contributed by atoms with Crippen LogP contribution in [0.2, 0.25) is 0 Å². The van der Waals surface area contributed by atoms with Crippen LogP contribution in [0.1, 0.15) is 109 Å². The number of rotatable bonds is 14. The van der Waals surface area contributed by atoms with Gasteiger partial charge in [0.25, 0.3) is 10.1 Å². The molecule has 1 saturated carbocycles. The van der Waals surface area contributed by atoms with E-state index >= 15 is 0 Å². The first-order valence-corrected chi connectivity index (χ1v) is 18.2. The van der Waals surface area contributed by atoms with Crippen molar-refractivity contribution in [3.8, 4) is 0 Å². The molecular formula is C34H58N3O7S+. The molecule has 0 bridgehead atoms. The Balaban J connectivity index is 0.00000130. The molecule has 0 radical (unpaired) electrons. The van der Waals surface area contributed by atoms with Crippen molar-refractivity contribution in [1.29, 1.82) is 0 Å². The number of oxazole rings is 1. The Morgan fingerprint density at radius 2 is 1.58 bits per heavy atom. The van der Waals surface area contributed by atoms with E-state index in [1.54, 1.807) is 4.90 Å². The summed E-state index contributed by atoms with van der Waals surface area (Å²) in [6.45, 7) is 8.22. The van der Waals surface area contributed by atoms with Crippen molar-refractivity contribution in [3.05, 3.63) is 53.7 Å². The molecule has 0 aliphatic heterocycles. The molecule has 256 valence electrons. The molecular weight excluding hydrogens is 594 g/mol. The third-order valence-corrected chi connectivity index (χ3v) is 8.09. The predicted octanol–water partition coefficient (Wildman–Crippen LogP) is 6.78. The van der Waals surface area contributed by atoms with E-state index in [-0.39, 0.29) is 12.0 Å². The lowest BCUT2D eigenvalue weighted by Crippen LogP contribution is -2.39. The van der Waals surface area contributed by atoms with Crippen molar-refractivity contribution >= 4 is 16.2 Å². The van der Waals surface area contributed by atoms with E-state index in [0.717, 1.165) is 80.4 Å². The van der Waals surface area contributed by atoms with Crippen molar-refractivity contribution in [2.45, 2.75) is 109 Å². The van der Waals surface area contributed by atoms with Gasteiger partial charge in [0.1, 0.15) is 12.1 Å². The lowest BCUT2D eigenvalue weighted by Gasteiger charge is -2.36. The van der Waals surface area contributed by atoms with Crippen LogP contribution in [-0.4, -0.2) is 84.6 Å². The van der Waals surface area contributed by atoms with Crippen molar-refractivity contribution in [1.82, 2.24) is 9.88 Å². The van der Waals surface area contributed by atoms with Crippen LogP contribution in [0, 0.1) is 5.92 Å². The van der Waals surface area contributed by atoms with Gasteiger partial charge in [-0.25, -0.2) is 9.78 Å². The summed E-state index contributed by atoms with van der Waals surface area (Å²) in [5.41, 5.74) is -0.757. The predicted molar refractivity (Wildman–Crippen MR) is 177 cm³/mol. The number of benzene rings is 1. The highest BCUT2D eigenvalue weighted by Crippen LogP contribution is 2.43. The van der Waals surface area contributed by atoms with Crippen LogP contribution in [-0.2, 0) is 27.0 Å². The number of hydrogen-bond donors (Lipinski definition) is 2. The number of nitrogens with zero attached hydrogens (tertiary/aromatic N) is 3. The van der Waals surface area contributed by atoms with Gasteiger partial charge in [0.2, 0.25) is 5.89 Å². The van der Waals surface area contributed by atoms with E-state index in [4.69, 9.17) is 13.7 Å². The zero-order valence-electron chi connectivity index (χ0n) is 28.6. The molecule has 1 atom stereocenters. The molecule has 1 amide bonds. The summed E-state index contributed by atoms with van der Waals surface area (Å²) in [5.74, 6) is 1.40. The van der Waals surface area contributed by atoms with Crippen molar-refractivity contribution in [2.75, 3.05) is 40.5 Å². The summed E-state index contributed by atoms with van der Waals surface area (Å²) in [6.07, 6.45) is 14.6. The molecule has 2 N–H and O–H groups in total. The summed E-state index contributed by atoms with van der Waals surface area (Å²) in [7, 11) is 2.61. The molecule has 1 aromatic carbocycles. The van der Waals surface area contributed by atoms with Crippen molar-refractivity contribution < 1.29 is 36.5 Å². The van der Waals surface area contributed by atoms with Gasteiger partial charge in [0.05, 0.1) is 33.1 Å². The quantitative estimate of drug-likeness (QED) is 0.130. The van der Waals surface area contributed by atoms with Gasteiger partial charge < -0.3 is 23.6 Å². The first-order valence-electron chi connectivity index (χ1n) is 16.3. The molecule has 45 heavy (non-hydrogen) atoms. The molecule has 1 unspecified atom stereocenters. The number of ether oxygens (including phenoxy) is 1. The monoisotopic (exact) mass is 652 g/mol. The van der Waals surface area contributed by atoms with Gasteiger partial charge in [0, 0.05) is 19.5 Å². The number of aromatic nitrogens is 1. The minimum atomic E-state index is -3.67. The summed E-state index contributed by atoms with van der Waals surface area (Å²) in [5, 5.41) is 12.1. The lowest BCUT2D eigenvalue weighted by molar-refractivity contribution is -0.904. The van der Waals surface area contributed by atoms with Gasteiger partial charge in [0.15, 0.2) is 11.4 Å². The van der Waals surface area contributed by atoms with E-state index in [9.17, 15) is 18.3 Å². The summed E-state index contributed by atoms with van der Waals surface area (Å²) in [4.78, 5) is 18.4. The molecule has 2 aromatic rings. The van der Waals surface area contributed by atoms with Crippen LogP contribution in [0.25, 0.3) is 0 Å². The van der Waals surface area contributed by atoms with Crippen LogP contribution in [0.15, 0.2) is 40.9 Å². The zero-order valence-corrected chi connectivity index (χ0v) is 29.4. The number of carbonyl (C=O) groups excluding carboxylic acids is 1. The van der Waals surface area contributed by atoms with Crippen LogP contribution in [0.5, 0.6) is 0 Å². The van der Waals surface area contributed by atoms with E-state index < -0.39 is 21.3 Å². The van der Waals surface area contributed by atoms with Crippen LogP contribution < -0.4 is 0 Å². The Morgan fingerprint density at radius 1 is 1.02 bits per heavy atom.